The predicted octanol–water partition coefficient (Wildman–Crippen LogP) is 2.92. The van der Waals surface area contributed by atoms with E-state index in [0.717, 1.165) is 19.4 Å². The van der Waals surface area contributed by atoms with Gasteiger partial charge in [0, 0.05) is 19.2 Å². The van der Waals surface area contributed by atoms with Gasteiger partial charge in [-0.1, -0.05) is 12.1 Å². The molecule has 1 heterocycles. The minimum absolute atomic E-state index is 0.0245. The minimum atomic E-state index is -0.831. The quantitative estimate of drug-likeness (QED) is 0.681. The number of nitro benzene ring substituents is 1. The Morgan fingerprint density at radius 3 is 2.71 bits per heavy atom. The van der Waals surface area contributed by atoms with Crippen LogP contribution in [0.25, 0.3) is 0 Å². The molecule has 1 aliphatic rings. The van der Waals surface area contributed by atoms with Gasteiger partial charge in [0.2, 0.25) is 0 Å². The summed E-state index contributed by atoms with van der Waals surface area (Å²) >= 11 is 0. The van der Waals surface area contributed by atoms with E-state index in [1.54, 1.807) is 32.0 Å². The van der Waals surface area contributed by atoms with Crippen LogP contribution in [0.4, 0.5) is 11.4 Å². The first kappa shape index (κ1) is 15.3. The molecule has 0 saturated carbocycles. The number of hydrogen-bond donors (Lipinski definition) is 1. The molecule has 0 spiro atoms. The van der Waals surface area contributed by atoms with Crippen molar-refractivity contribution in [1.29, 1.82) is 0 Å². The summed E-state index contributed by atoms with van der Waals surface area (Å²) in [5.41, 5.74) is -0.179. The van der Waals surface area contributed by atoms with Gasteiger partial charge in [-0.05, 0) is 38.7 Å². The van der Waals surface area contributed by atoms with E-state index in [-0.39, 0.29) is 16.5 Å². The molecule has 1 aromatic rings. The second-order valence-corrected chi connectivity index (χ2v) is 6.06. The highest BCUT2D eigenvalue weighted by molar-refractivity contribution is 5.74. The summed E-state index contributed by atoms with van der Waals surface area (Å²) in [6.45, 7) is 4.70. The molecule has 114 valence electrons. The molecule has 1 aromatic carbocycles. The molecule has 1 unspecified atom stereocenters. The van der Waals surface area contributed by atoms with Crippen LogP contribution in [0, 0.1) is 21.4 Å². The number of carbonyl (C=O) groups is 1. The average molecular weight is 292 g/mol. The maximum Gasteiger partial charge on any atom is 0.309 e. The number of benzene rings is 1. The lowest BCUT2D eigenvalue weighted by Crippen LogP contribution is -2.45. The predicted molar refractivity (Wildman–Crippen MR) is 79.5 cm³/mol. The van der Waals surface area contributed by atoms with E-state index in [1.807, 2.05) is 4.90 Å². The van der Waals surface area contributed by atoms with Gasteiger partial charge in [0.15, 0.2) is 0 Å². The van der Waals surface area contributed by atoms with Gasteiger partial charge in [0.25, 0.3) is 5.69 Å². The second kappa shape index (κ2) is 5.71. The normalized spacial score (nSPS) is 19.3. The second-order valence-electron chi connectivity index (χ2n) is 6.06. The van der Waals surface area contributed by atoms with E-state index < -0.39 is 11.4 Å². The Labute approximate surface area is 123 Å². The summed E-state index contributed by atoms with van der Waals surface area (Å²) in [6, 6.07) is 6.63. The van der Waals surface area contributed by atoms with E-state index in [9.17, 15) is 20.0 Å². The van der Waals surface area contributed by atoms with Gasteiger partial charge < -0.3 is 10.0 Å². The molecule has 1 N–H and O–H groups in total. The highest BCUT2D eigenvalue weighted by Crippen LogP contribution is 2.37. The number of carboxylic acid groups (broad SMARTS) is 1. The highest BCUT2D eigenvalue weighted by Gasteiger charge is 2.39. The third kappa shape index (κ3) is 2.99. The monoisotopic (exact) mass is 292 g/mol. The summed E-state index contributed by atoms with van der Waals surface area (Å²) in [4.78, 5) is 24.1. The molecular weight excluding hydrogens is 272 g/mol. The molecule has 6 heteroatoms. The van der Waals surface area contributed by atoms with Crippen LogP contribution in [0.1, 0.15) is 26.7 Å². The first-order valence-electron chi connectivity index (χ1n) is 7.06. The maximum absolute atomic E-state index is 11.4. The molecule has 0 aromatic heterocycles. The Balaban J connectivity index is 2.27. The number of piperidine rings is 1. The summed E-state index contributed by atoms with van der Waals surface area (Å²) in [7, 11) is 0. The van der Waals surface area contributed by atoms with Crippen molar-refractivity contribution >= 4 is 17.3 Å². The third-order valence-electron chi connectivity index (χ3n) is 4.41. The molecule has 6 nitrogen and oxygen atoms in total. The van der Waals surface area contributed by atoms with Gasteiger partial charge in [0.1, 0.15) is 5.69 Å². The Hall–Kier alpha value is -2.11. The van der Waals surface area contributed by atoms with Crippen LogP contribution in [-0.2, 0) is 4.79 Å². The van der Waals surface area contributed by atoms with Crippen LogP contribution in [-0.4, -0.2) is 29.1 Å². The van der Waals surface area contributed by atoms with E-state index in [4.69, 9.17) is 0 Å². The van der Waals surface area contributed by atoms with Gasteiger partial charge in [-0.3, -0.25) is 14.9 Å². The summed E-state index contributed by atoms with van der Waals surface area (Å²) in [5.74, 6) is -0.847. The van der Waals surface area contributed by atoms with Crippen LogP contribution in [0.15, 0.2) is 24.3 Å². The molecular formula is C15H20N2O4. The average Bonchev–Trinajstić information content (AvgIpc) is 2.47. The Morgan fingerprint density at radius 1 is 1.43 bits per heavy atom. The molecule has 1 saturated heterocycles. The molecule has 1 atom stereocenters. The van der Waals surface area contributed by atoms with Gasteiger partial charge >= 0.3 is 5.97 Å². The Kier molecular flexibility index (Phi) is 4.16. The van der Waals surface area contributed by atoms with Crippen LogP contribution < -0.4 is 4.90 Å². The lowest BCUT2D eigenvalue weighted by Gasteiger charge is -2.40. The fraction of sp³-hybridized carbons (Fsp3) is 0.533. The molecule has 0 bridgehead atoms. The zero-order chi connectivity index (χ0) is 15.6. The number of para-hydroxylation sites is 2. The molecule has 0 radical (unpaired) electrons. The summed E-state index contributed by atoms with van der Waals surface area (Å²) in [6.07, 6.45) is 1.67. The highest BCUT2D eigenvalue weighted by atomic mass is 16.6. The lowest BCUT2D eigenvalue weighted by molar-refractivity contribution is -0.384. The number of carboxylic acids is 1. The summed E-state index contributed by atoms with van der Waals surface area (Å²) in [5, 5.41) is 20.5. The number of rotatable bonds is 4. The van der Waals surface area contributed by atoms with Crippen molar-refractivity contribution in [1.82, 2.24) is 0 Å². The van der Waals surface area contributed by atoms with Crippen LogP contribution in [0.2, 0.25) is 0 Å². The number of nitrogens with zero attached hydrogens (tertiary/aromatic N) is 2. The standard InChI is InChI=1S/C15H20N2O4/c1-15(2,14(18)19)11-6-5-9-16(10-11)12-7-3-4-8-13(12)17(20)21/h3-4,7-8,11H,5-6,9-10H2,1-2H3,(H,18,19). The van der Waals surface area contributed by atoms with Crippen molar-refractivity contribution in [3.63, 3.8) is 0 Å². The maximum atomic E-state index is 11.4. The lowest BCUT2D eigenvalue weighted by atomic mass is 9.74. The number of aliphatic carboxylic acids is 1. The fourth-order valence-electron chi connectivity index (χ4n) is 2.85. The van der Waals surface area contributed by atoms with Crippen molar-refractivity contribution < 1.29 is 14.8 Å². The van der Waals surface area contributed by atoms with Crippen LogP contribution >= 0.6 is 0 Å². The molecule has 0 amide bonds. The van der Waals surface area contributed by atoms with E-state index in [0.29, 0.717) is 12.2 Å². The smallest absolute Gasteiger partial charge is 0.309 e. The molecule has 21 heavy (non-hydrogen) atoms. The van der Waals surface area contributed by atoms with Crippen LogP contribution in [0.5, 0.6) is 0 Å². The molecule has 1 aliphatic heterocycles. The molecule has 0 aliphatic carbocycles. The van der Waals surface area contributed by atoms with Crippen molar-refractivity contribution in [2.45, 2.75) is 26.7 Å². The topological polar surface area (TPSA) is 83.7 Å². The zero-order valence-electron chi connectivity index (χ0n) is 12.3. The van der Waals surface area contributed by atoms with E-state index in [2.05, 4.69) is 0 Å². The van der Waals surface area contributed by atoms with Crippen LogP contribution in [0.3, 0.4) is 0 Å². The van der Waals surface area contributed by atoms with Gasteiger partial charge in [-0.15, -0.1) is 0 Å². The van der Waals surface area contributed by atoms with Crippen molar-refractivity contribution in [3.05, 3.63) is 34.4 Å². The van der Waals surface area contributed by atoms with Crippen molar-refractivity contribution in [2.24, 2.45) is 11.3 Å². The first-order chi connectivity index (χ1) is 9.84. The number of hydrogen-bond acceptors (Lipinski definition) is 4. The van der Waals surface area contributed by atoms with Gasteiger partial charge in [-0.2, -0.15) is 0 Å². The Morgan fingerprint density at radius 2 is 2.10 bits per heavy atom. The zero-order valence-corrected chi connectivity index (χ0v) is 12.3. The van der Waals surface area contributed by atoms with E-state index in [1.165, 1.54) is 6.07 Å². The molecule has 2 rings (SSSR count). The van der Waals surface area contributed by atoms with Gasteiger partial charge in [0.05, 0.1) is 10.3 Å². The largest absolute Gasteiger partial charge is 0.481 e. The van der Waals surface area contributed by atoms with Gasteiger partial charge in [-0.25, -0.2) is 0 Å². The van der Waals surface area contributed by atoms with Crippen molar-refractivity contribution in [3.8, 4) is 0 Å². The first-order valence-corrected chi connectivity index (χ1v) is 7.06. The van der Waals surface area contributed by atoms with E-state index >= 15 is 0 Å². The summed E-state index contributed by atoms with van der Waals surface area (Å²) < 4.78 is 0. The fourth-order valence-corrected chi connectivity index (χ4v) is 2.85. The third-order valence-corrected chi connectivity index (χ3v) is 4.41. The van der Waals surface area contributed by atoms with Crippen molar-refractivity contribution in [2.75, 3.05) is 18.0 Å². The number of nitro groups is 1. The molecule has 1 fully saturated rings. The SMILES string of the molecule is CC(C)(C(=O)O)C1CCCN(c2ccccc2[N+](=O)[O-])C1. The number of anilines is 1. The minimum Gasteiger partial charge on any atom is -0.481 e. The Bertz CT molecular complexity index is 556.